The summed E-state index contributed by atoms with van der Waals surface area (Å²) in [6.07, 6.45) is 4.81. The molecule has 0 aliphatic carbocycles. The predicted molar refractivity (Wildman–Crippen MR) is 129 cm³/mol. The van der Waals surface area contributed by atoms with E-state index in [-0.39, 0.29) is 17.8 Å². The fourth-order valence-electron chi connectivity index (χ4n) is 4.48. The Morgan fingerprint density at radius 1 is 1.09 bits per heavy atom. The van der Waals surface area contributed by atoms with Crippen molar-refractivity contribution in [2.24, 2.45) is 0 Å². The number of H-pyrrole nitrogens is 1. The quantitative estimate of drug-likeness (QED) is 0.360. The molecule has 1 atom stereocenters. The molecule has 0 bridgehead atoms. The number of aromatic nitrogens is 3. The zero-order valence-electron chi connectivity index (χ0n) is 19.0. The first kappa shape index (κ1) is 23.3. The van der Waals surface area contributed by atoms with E-state index >= 15 is 0 Å². The first-order valence-corrected chi connectivity index (χ1v) is 12.2. The standard InChI is InChI=1S/C26H23F3N4OS/c1-15-31-24(25(35-15)16-5-8-18(27)9-6-16)26(34)33-11-3-2-4-19(33)13-23-30-14-22(32-23)17-7-10-20(28)21(29)12-17/h5-10,12,14,19H,2-4,11,13H2,1H3,(H,30,32)/t19-/m0/s1. The number of carbonyl (C=O) groups is 1. The molecule has 1 N–H and O–H groups in total. The Kier molecular flexibility index (Phi) is 6.42. The Balaban J connectivity index is 1.38. The van der Waals surface area contributed by atoms with E-state index in [1.807, 2.05) is 11.8 Å². The van der Waals surface area contributed by atoms with E-state index in [1.54, 1.807) is 18.3 Å². The Labute approximate surface area is 204 Å². The minimum Gasteiger partial charge on any atom is -0.342 e. The van der Waals surface area contributed by atoms with Gasteiger partial charge in [0.15, 0.2) is 11.6 Å². The molecule has 2 aromatic carbocycles. The van der Waals surface area contributed by atoms with E-state index in [1.165, 1.54) is 29.5 Å². The number of amides is 1. The van der Waals surface area contributed by atoms with Gasteiger partial charge in [0, 0.05) is 24.6 Å². The van der Waals surface area contributed by atoms with Crippen molar-refractivity contribution >= 4 is 17.2 Å². The first-order valence-electron chi connectivity index (χ1n) is 11.4. The van der Waals surface area contributed by atoms with Crippen LogP contribution in [0.3, 0.4) is 0 Å². The lowest BCUT2D eigenvalue weighted by Gasteiger charge is -2.35. The monoisotopic (exact) mass is 496 g/mol. The number of imidazole rings is 1. The number of benzene rings is 2. The molecule has 0 unspecified atom stereocenters. The Bertz CT molecular complexity index is 1370. The normalized spacial score (nSPS) is 16.0. The molecule has 2 aromatic heterocycles. The minimum absolute atomic E-state index is 0.0803. The number of piperidine rings is 1. The highest BCUT2D eigenvalue weighted by atomic mass is 32.1. The predicted octanol–water partition coefficient (Wildman–Crippen LogP) is 6.16. The second kappa shape index (κ2) is 9.65. The van der Waals surface area contributed by atoms with Crippen molar-refractivity contribution in [3.05, 3.63) is 82.6 Å². The summed E-state index contributed by atoms with van der Waals surface area (Å²) in [4.78, 5) is 28.4. The van der Waals surface area contributed by atoms with Crippen LogP contribution in [0.5, 0.6) is 0 Å². The third-order valence-electron chi connectivity index (χ3n) is 6.22. The smallest absolute Gasteiger partial charge is 0.274 e. The molecule has 4 aromatic rings. The molecular weight excluding hydrogens is 473 g/mol. The molecule has 3 heterocycles. The average molecular weight is 497 g/mol. The van der Waals surface area contributed by atoms with Gasteiger partial charge in [0.05, 0.1) is 21.8 Å². The number of hydrogen-bond acceptors (Lipinski definition) is 4. The highest BCUT2D eigenvalue weighted by molar-refractivity contribution is 7.15. The van der Waals surface area contributed by atoms with Gasteiger partial charge in [0.25, 0.3) is 5.91 Å². The van der Waals surface area contributed by atoms with Gasteiger partial charge in [-0.05, 0) is 62.1 Å². The molecule has 5 nitrogen and oxygen atoms in total. The molecule has 0 spiro atoms. The summed E-state index contributed by atoms with van der Waals surface area (Å²) < 4.78 is 40.4. The summed E-state index contributed by atoms with van der Waals surface area (Å²) in [5.74, 6) is -1.63. The molecule has 35 heavy (non-hydrogen) atoms. The fraction of sp³-hybridized carbons (Fsp3) is 0.269. The fourth-order valence-corrected chi connectivity index (χ4v) is 5.40. The second-order valence-corrected chi connectivity index (χ2v) is 9.85. The summed E-state index contributed by atoms with van der Waals surface area (Å²) in [5.41, 5.74) is 2.23. The van der Waals surface area contributed by atoms with Crippen molar-refractivity contribution in [3.63, 3.8) is 0 Å². The molecular formula is C26H23F3N4OS. The van der Waals surface area contributed by atoms with E-state index in [2.05, 4.69) is 15.0 Å². The number of likely N-dealkylation sites (tertiary alicyclic amines) is 1. The molecule has 0 radical (unpaired) electrons. The number of halogens is 3. The van der Waals surface area contributed by atoms with Crippen LogP contribution in [-0.2, 0) is 6.42 Å². The molecule has 0 saturated carbocycles. The zero-order chi connectivity index (χ0) is 24.5. The average Bonchev–Trinajstić information content (AvgIpc) is 3.48. The van der Waals surface area contributed by atoms with Crippen LogP contribution in [0.25, 0.3) is 21.7 Å². The van der Waals surface area contributed by atoms with Gasteiger partial charge in [0.2, 0.25) is 0 Å². The van der Waals surface area contributed by atoms with Crippen molar-refractivity contribution in [2.75, 3.05) is 6.54 Å². The van der Waals surface area contributed by atoms with Crippen LogP contribution in [0.4, 0.5) is 13.2 Å². The molecule has 5 rings (SSSR count). The minimum atomic E-state index is -0.918. The Morgan fingerprint density at radius 2 is 1.86 bits per heavy atom. The van der Waals surface area contributed by atoms with E-state index in [0.717, 1.165) is 46.8 Å². The lowest BCUT2D eigenvalue weighted by Crippen LogP contribution is -2.45. The first-order chi connectivity index (χ1) is 16.9. The molecule has 1 saturated heterocycles. The van der Waals surface area contributed by atoms with Gasteiger partial charge in [-0.1, -0.05) is 12.1 Å². The van der Waals surface area contributed by atoms with Crippen molar-refractivity contribution < 1.29 is 18.0 Å². The van der Waals surface area contributed by atoms with Crippen molar-refractivity contribution in [1.29, 1.82) is 0 Å². The van der Waals surface area contributed by atoms with Crippen LogP contribution >= 0.6 is 11.3 Å². The maximum Gasteiger partial charge on any atom is 0.274 e. The van der Waals surface area contributed by atoms with Crippen LogP contribution in [0, 0.1) is 24.4 Å². The van der Waals surface area contributed by atoms with E-state index in [4.69, 9.17) is 0 Å². The summed E-state index contributed by atoms with van der Waals surface area (Å²) in [6.45, 7) is 2.46. The van der Waals surface area contributed by atoms with E-state index in [9.17, 15) is 18.0 Å². The van der Waals surface area contributed by atoms with Crippen LogP contribution < -0.4 is 0 Å². The summed E-state index contributed by atoms with van der Waals surface area (Å²) in [5, 5.41) is 0.767. The topological polar surface area (TPSA) is 61.9 Å². The number of nitrogens with one attached hydrogen (secondary N) is 1. The van der Waals surface area contributed by atoms with Gasteiger partial charge in [-0.25, -0.2) is 23.1 Å². The molecule has 180 valence electrons. The maximum atomic E-state index is 13.7. The number of aryl methyl sites for hydroxylation is 1. The van der Waals surface area contributed by atoms with E-state index < -0.39 is 11.6 Å². The highest BCUT2D eigenvalue weighted by Crippen LogP contribution is 2.33. The van der Waals surface area contributed by atoms with E-state index in [0.29, 0.717) is 35.7 Å². The molecule has 1 aliphatic heterocycles. The number of rotatable bonds is 5. The summed E-state index contributed by atoms with van der Waals surface area (Å²) in [6, 6.07) is 9.71. The number of nitrogens with zero attached hydrogens (tertiary/aromatic N) is 3. The van der Waals surface area contributed by atoms with Crippen molar-refractivity contribution in [1.82, 2.24) is 19.9 Å². The van der Waals surface area contributed by atoms with Gasteiger partial charge >= 0.3 is 0 Å². The largest absolute Gasteiger partial charge is 0.342 e. The van der Waals surface area contributed by atoms with Crippen LogP contribution in [0.1, 0.15) is 40.6 Å². The molecule has 1 aliphatic rings. The summed E-state index contributed by atoms with van der Waals surface area (Å²) >= 11 is 1.42. The highest BCUT2D eigenvalue weighted by Gasteiger charge is 2.31. The molecule has 1 fully saturated rings. The number of thiazole rings is 1. The van der Waals surface area contributed by atoms with Crippen LogP contribution in [0.15, 0.2) is 48.7 Å². The summed E-state index contributed by atoms with van der Waals surface area (Å²) in [7, 11) is 0. The number of aromatic amines is 1. The van der Waals surface area contributed by atoms with Gasteiger partial charge in [-0.2, -0.15) is 0 Å². The lowest BCUT2D eigenvalue weighted by molar-refractivity contribution is 0.0606. The van der Waals surface area contributed by atoms with Gasteiger partial charge in [0.1, 0.15) is 17.3 Å². The third-order valence-corrected chi connectivity index (χ3v) is 7.24. The van der Waals surface area contributed by atoms with Crippen LogP contribution in [0.2, 0.25) is 0 Å². The SMILES string of the molecule is Cc1nc(C(=O)N2CCCC[C@H]2Cc2ncc(-c3ccc(F)c(F)c3)[nH]2)c(-c2ccc(F)cc2)s1. The van der Waals surface area contributed by atoms with Gasteiger partial charge in [-0.15, -0.1) is 11.3 Å². The van der Waals surface area contributed by atoms with Crippen LogP contribution in [-0.4, -0.2) is 38.3 Å². The maximum absolute atomic E-state index is 13.7. The van der Waals surface area contributed by atoms with Crippen molar-refractivity contribution in [3.8, 4) is 21.7 Å². The second-order valence-electron chi connectivity index (χ2n) is 8.64. The van der Waals surface area contributed by atoms with Crippen molar-refractivity contribution in [2.45, 2.75) is 38.6 Å². The molecule has 1 amide bonds. The zero-order valence-corrected chi connectivity index (χ0v) is 19.8. The van der Waals surface area contributed by atoms with Gasteiger partial charge < -0.3 is 9.88 Å². The van der Waals surface area contributed by atoms with Gasteiger partial charge in [-0.3, -0.25) is 4.79 Å². The Hall–Kier alpha value is -3.46. The number of hydrogen-bond donors (Lipinski definition) is 1. The third kappa shape index (κ3) is 4.86. The lowest BCUT2D eigenvalue weighted by atomic mass is 9.98. The Morgan fingerprint density at radius 3 is 2.63 bits per heavy atom. The number of carbonyl (C=O) groups excluding carboxylic acids is 1. The molecule has 9 heteroatoms.